The van der Waals surface area contributed by atoms with E-state index in [2.05, 4.69) is 17.6 Å². The summed E-state index contributed by atoms with van der Waals surface area (Å²) >= 11 is 2.00. The van der Waals surface area contributed by atoms with E-state index in [9.17, 15) is 0 Å². The third kappa shape index (κ3) is 2.70. The second kappa shape index (κ2) is 5.25. The molecule has 1 unspecified atom stereocenters. The van der Waals surface area contributed by atoms with E-state index in [1.807, 2.05) is 23.9 Å². The van der Waals surface area contributed by atoms with Gasteiger partial charge in [-0.05, 0) is 37.3 Å². The highest BCUT2D eigenvalue weighted by atomic mass is 32.2. The fraction of sp³-hybridized carbons (Fsp3) is 0.600. The monoisotopic (exact) mass is 279 g/mol. The molecule has 1 aliphatic heterocycles. The Morgan fingerprint density at radius 1 is 1.47 bits per heavy atom. The van der Waals surface area contributed by atoms with Crippen molar-refractivity contribution in [3.63, 3.8) is 0 Å². The van der Waals surface area contributed by atoms with Crippen LogP contribution in [0.4, 0.5) is 0 Å². The minimum atomic E-state index is 0.392. The predicted molar refractivity (Wildman–Crippen MR) is 79.3 cm³/mol. The molecule has 1 aromatic rings. The largest absolute Gasteiger partial charge is 0.497 e. The summed E-state index contributed by atoms with van der Waals surface area (Å²) in [6.07, 6.45) is 5.94. The zero-order valence-corrected chi connectivity index (χ0v) is 12.4. The van der Waals surface area contributed by atoms with Gasteiger partial charge in [0.15, 0.2) is 0 Å². The van der Waals surface area contributed by atoms with Gasteiger partial charge in [-0.15, -0.1) is 0 Å². The average Bonchev–Trinajstić information content (AvgIpc) is 3.25. The smallest absolute Gasteiger partial charge is 0.124 e. The molecule has 1 N–H and O–H groups in total. The molecule has 1 fully saturated rings. The van der Waals surface area contributed by atoms with Crippen LogP contribution in [0.1, 0.15) is 30.9 Å². The van der Waals surface area contributed by atoms with Gasteiger partial charge in [-0.3, -0.25) is 0 Å². The summed E-state index contributed by atoms with van der Waals surface area (Å²) in [7, 11) is 1.71. The Labute approximate surface area is 119 Å². The lowest BCUT2D eigenvalue weighted by Gasteiger charge is -2.28. The lowest BCUT2D eigenvalue weighted by atomic mass is 10.00. The molecule has 1 saturated carbocycles. The minimum absolute atomic E-state index is 0.392. The molecule has 0 aromatic heterocycles. The number of nitrogens with one attached hydrogen (secondary N) is 1. The van der Waals surface area contributed by atoms with Gasteiger partial charge in [0.25, 0.3) is 0 Å². The van der Waals surface area contributed by atoms with Crippen LogP contribution in [0.5, 0.6) is 11.5 Å². The van der Waals surface area contributed by atoms with Crippen molar-refractivity contribution in [2.75, 3.05) is 26.5 Å². The number of hydrogen-bond acceptors (Lipinski definition) is 4. The van der Waals surface area contributed by atoms with Crippen molar-refractivity contribution in [1.29, 1.82) is 0 Å². The molecule has 0 radical (unpaired) electrons. The zero-order chi connectivity index (χ0) is 13.3. The van der Waals surface area contributed by atoms with E-state index in [1.165, 1.54) is 18.4 Å². The summed E-state index contributed by atoms with van der Waals surface area (Å²) < 4.78 is 11.5. The molecule has 0 bridgehead atoms. The first-order valence-electron chi connectivity index (χ1n) is 6.86. The summed E-state index contributed by atoms with van der Waals surface area (Å²) in [5, 5.41) is 3.73. The highest BCUT2D eigenvalue weighted by molar-refractivity contribution is 8.00. The van der Waals surface area contributed by atoms with E-state index in [-0.39, 0.29) is 0 Å². The number of ether oxygens (including phenoxy) is 2. The van der Waals surface area contributed by atoms with Crippen LogP contribution in [0.2, 0.25) is 0 Å². The molecule has 1 aliphatic carbocycles. The van der Waals surface area contributed by atoms with Crippen LogP contribution < -0.4 is 14.8 Å². The summed E-state index contributed by atoms with van der Waals surface area (Å²) in [5.74, 6) is 1.90. The van der Waals surface area contributed by atoms with Crippen molar-refractivity contribution in [3.05, 3.63) is 23.8 Å². The maximum absolute atomic E-state index is 5.73. The molecule has 104 valence electrons. The second-order valence-corrected chi connectivity index (χ2v) is 6.64. The van der Waals surface area contributed by atoms with Crippen LogP contribution in [-0.2, 0) is 0 Å². The molecule has 3 nitrogen and oxygen atoms in total. The Kier molecular flexibility index (Phi) is 3.63. The number of methoxy groups -OCH3 is 1. The summed E-state index contributed by atoms with van der Waals surface area (Å²) in [5.41, 5.74) is 1.24. The molecule has 1 aromatic carbocycles. The maximum Gasteiger partial charge on any atom is 0.124 e. The van der Waals surface area contributed by atoms with Gasteiger partial charge < -0.3 is 14.8 Å². The first-order chi connectivity index (χ1) is 9.26. The summed E-state index contributed by atoms with van der Waals surface area (Å²) in [6.45, 7) is 1.89. The fourth-order valence-corrected chi connectivity index (χ4v) is 3.35. The second-order valence-electron chi connectivity index (χ2n) is 5.36. The lowest BCUT2D eigenvalue weighted by molar-refractivity contribution is 0.251. The molecule has 1 atom stereocenters. The number of rotatable bonds is 5. The van der Waals surface area contributed by atoms with Crippen LogP contribution in [0.3, 0.4) is 0 Å². The van der Waals surface area contributed by atoms with Crippen molar-refractivity contribution in [2.24, 2.45) is 0 Å². The Morgan fingerprint density at radius 2 is 2.32 bits per heavy atom. The standard InChI is InChI=1S/C15H21NO2S/c1-17-11-3-4-14-12(9-11)13(5-8-18-14)16-10-15(19-2)6-7-15/h3-4,9,13,16H,5-8,10H2,1-2H3. The topological polar surface area (TPSA) is 30.5 Å². The number of thioether (sulfide) groups is 1. The van der Waals surface area contributed by atoms with Gasteiger partial charge in [0.2, 0.25) is 0 Å². The van der Waals surface area contributed by atoms with E-state index in [0.29, 0.717) is 10.8 Å². The van der Waals surface area contributed by atoms with Crippen LogP contribution in [-0.4, -0.2) is 31.3 Å². The molecule has 0 saturated heterocycles. The Bertz CT molecular complexity index is 459. The predicted octanol–water partition coefficient (Wildman–Crippen LogP) is 3.00. The number of hydrogen-bond donors (Lipinski definition) is 1. The third-order valence-electron chi connectivity index (χ3n) is 4.17. The van der Waals surface area contributed by atoms with Gasteiger partial charge >= 0.3 is 0 Å². The summed E-state index contributed by atoms with van der Waals surface area (Å²) in [6, 6.07) is 6.48. The highest BCUT2D eigenvalue weighted by Crippen LogP contribution is 2.47. The molecule has 2 aliphatic rings. The van der Waals surface area contributed by atoms with E-state index >= 15 is 0 Å². The van der Waals surface area contributed by atoms with Gasteiger partial charge in [0.1, 0.15) is 11.5 Å². The molecule has 0 amide bonds. The molecular weight excluding hydrogens is 258 g/mol. The van der Waals surface area contributed by atoms with E-state index in [4.69, 9.17) is 9.47 Å². The lowest BCUT2D eigenvalue weighted by Crippen LogP contribution is -2.33. The Morgan fingerprint density at radius 3 is 3.00 bits per heavy atom. The van der Waals surface area contributed by atoms with Crippen LogP contribution in [0.15, 0.2) is 18.2 Å². The normalized spacial score (nSPS) is 23.4. The fourth-order valence-electron chi connectivity index (χ4n) is 2.61. The van der Waals surface area contributed by atoms with Gasteiger partial charge in [-0.1, -0.05) is 0 Å². The molecule has 4 heteroatoms. The molecule has 19 heavy (non-hydrogen) atoms. The van der Waals surface area contributed by atoms with Crippen molar-refractivity contribution >= 4 is 11.8 Å². The van der Waals surface area contributed by atoms with Gasteiger partial charge in [-0.25, -0.2) is 0 Å². The van der Waals surface area contributed by atoms with Crippen molar-refractivity contribution < 1.29 is 9.47 Å². The van der Waals surface area contributed by atoms with Crippen LogP contribution in [0, 0.1) is 0 Å². The van der Waals surface area contributed by atoms with Crippen molar-refractivity contribution in [1.82, 2.24) is 5.32 Å². The van der Waals surface area contributed by atoms with Crippen molar-refractivity contribution in [2.45, 2.75) is 30.1 Å². The highest BCUT2D eigenvalue weighted by Gasteiger charge is 2.42. The third-order valence-corrected chi connectivity index (χ3v) is 5.59. The SMILES string of the molecule is COc1ccc2c(c1)C(NCC1(SC)CC1)CCO2. The Balaban J connectivity index is 1.73. The maximum atomic E-state index is 5.73. The number of fused-ring (bicyclic) bond motifs is 1. The minimum Gasteiger partial charge on any atom is -0.497 e. The molecule has 3 rings (SSSR count). The van der Waals surface area contributed by atoms with Crippen LogP contribution >= 0.6 is 11.8 Å². The zero-order valence-electron chi connectivity index (χ0n) is 11.6. The average molecular weight is 279 g/mol. The molecule has 0 spiro atoms. The van der Waals surface area contributed by atoms with E-state index < -0.39 is 0 Å². The Hall–Kier alpha value is -0.870. The quantitative estimate of drug-likeness (QED) is 0.897. The van der Waals surface area contributed by atoms with E-state index in [1.54, 1.807) is 7.11 Å². The van der Waals surface area contributed by atoms with Gasteiger partial charge in [0, 0.05) is 29.3 Å². The van der Waals surface area contributed by atoms with Crippen molar-refractivity contribution in [3.8, 4) is 11.5 Å². The first-order valence-corrected chi connectivity index (χ1v) is 8.08. The van der Waals surface area contributed by atoms with E-state index in [0.717, 1.165) is 31.1 Å². The first kappa shape index (κ1) is 13.1. The molecule has 1 heterocycles. The van der Waals surface area contributed by atoms with Crippen LogP contribution in [0.25, 0.3) is 0 Å². The molecular formula is C15H21NO2S. The van der Waals surface area contributed by atoms with Gasteiger partial charge in [-0.2, -0.15) is 11.8 Å². The van der Waals surface area contributed by atoms with Gasteiger partial charge in [0.05, 0.1) is 13.7 Å². The number of benzene rings is 1. The summed E-state index contributed by atoms with van der Waals surface area (Å²) in [4.78, 5) is 0.